The minimum Gasteiger partial charge on any atom is -0.479 e. The predicted molar refractivity (Wildman–Crippen MR) is 99.9 cm³/mol. The van der Waals surface area contributed by atoms with Crippen molar-refractivity contribution in [2.45, 2.75) is 63.2 Å². The van der Waals surface area contributed by atoms with E-state index in [-0.39, 0.29) is 10.7 Å². The summed E-state index contributed by atoms with van der Waals surface area (Å²) in [6.07, 6.45) is 7.85. The molecule has 4 saturated carbocycles. The van der Waals surface area contributed by atoms with Gasteiger partial charge in [-0.05, 0) is 70.1 Å². The Kier molecular flexibility index (Phi) is 4.53. The van der Waals surface area contributed by atoms with E-state index in [0.717, 1.165) is 17.8 Å². The summed E-state index contributed by atoms with van der Waals surface area (Å²) in [6.45, 7) is 3.53. The van der Waals surface area contributed by atoms with Gasteiger partial charge in [-0.2, -0.15) is 5.10 Å². The minimum absolute atomic E-state index is 0.196. The van der Waals surface area contributed by atoms with Crippen molar-refractivity contribution in [3.8, 4) is 0 Å². The Morgan fingerprint density at radius 3 is 2.27 bits per heavy atom. The van der Waals surface area contributed by atoms with E-state index in [4.69, 9.17) is 0 Å². The normalized spacial score (nSPS) is 33.2. The van der Waals surface area contributed by atoms with E-state index in [1.807, 2.05) is 0 Å². The van der Waals surface area contributed by atoms with Crippen LogP contribution in [0.25, 0.3) is 0 Å². The number of amides is 1. The molecule has 1 heterocycles. The molecule has 4 aliphatic carbocycles. The highest BCUT2D eigenvalue weighted by Gasteiger charge is 2.51. The zero-order valence-corrected chi connectivity index (χ0v) is 16.2. The first-order valence-electron chi connectivity index (χ1n) is 9.53. The summed E-state index contributed by atoms with van der Waals surface area (Å²) in [7, 11) is 0. The Morgan fingerprint density at radius 2 is 1.81 bits per heavy atom. The summed E-state index contributed by atoms with van der Waals surface area (Å²) in [5, 5.41) is 19.1. The van der Waals surface area contributed by atoms with Gasteiger partial charge in [0.25, 0.3) is 0 Å². The first-order valence-corrected chi connectivity index (χ1v) is 10.5. The molecule has 6 nitrogen and oxygen atoms in total. The molecule has 142 valence electrons. The van der Waals surface area contributed by atoms with Crippen LogP contribution in [0.4, 0.5) is 0 Å². The highest BCUT2D eigenvalue weighted by atomic mass is 32.2. The summed E-state index contributed by atoms with van der Waals surface area (Å²) in [5.74, 6) is 1.63. The van der Waals surface area contributed by atoms with Gasteiger partial charge >= 0.3 is 5.97 Å². The molecule has 1 aromatic heterocycles. The second-order valence-electron chi connectivity index (χ2n) is 8.58. The van der Waals surface area contributed by atoms with Crippen LogP contribution in [0, 0.1) is 31.6 Å². The van der Waals surface area contributed by atoms with E-state index in [1.165, 1.54) is 38.5 Å². The van der Waals surface area contributed by atoms with Gasteiger partial charge in [0.2, 0.25) is 5.91 Å². The van der Waals surface area contributed by atoms with Crippen LogP contribution in [0.15, 0.2) is 0 Å². The third-order valence-electron chi connectivity index (χ3n) is 6.52. The second kappa shape index (κ2) is 6.59. The van der Waals surface area contributed by atoms with Crippen LogP contribution in [-0.2, 0) is 9.59 Å². The monoisotopic (exact) mass is 377 g/mol. The number of thioether (sulfide) groups is 1. The van der Waals surface area contributed by atoms with Crippen molar-refractivity contribution in [3.05, 3.63) is 17.0 Å². The van der Waals surface area contributed by atoms with Crippen molar-refractivity contribution in [1.29, 1.82) is 0 Å². The van der Waals surface area contributed by atoms with E-state index in [2.05, 4.69) is 15.5 Å². The molecule has 1 atom stereocenters. The smallest absolute Gasteiger partial charge is 0.331 e. The number of hydrogen-bond acceptors (Lipinski definition) is 4. The van der Waals surface area contributed by atoms with Crippen molar-refractivity contribution in [2.75, 3.05) is 5.75 Å². The van der Waals surface area contributed by atoms with Crippen LogP contribution < -0.4 is 5.32 Å². The summed E-state index contributed by atoms with van der Waals surface area (Å²) in [6, 6.07) is -1.04. The van der Waals surface area contributed by atoms with E-state index in [1.54, 1.807) is 25.6 Å². The fourth-order valence-electron chi connectivity index (χ4n) is 5.87. The van der Waals surface area contributed by atoms with E-state index < -0.39 is 12.0 Å². The van der Waals surface area contributed by atoms with Gasteiger partial charge in [0.05, 0.1) is 11.4 Å². The standard InChI is InChI=1S/C19H27N3O3S/c1-10-16(11(2)22-21-10)17(18(24)25)20-15(23)9-26-19-6-12-3-13(7-19)5-14(4-12)8-19/h12-14,17H,3-9H2,1-2H3,(H,20,23)(H,21,22)(H,24,25)/t12?,13?,14?,17-,19?/m0/s1. The number of hydrogen-bond donors (Lipinski definition) is 3. The molecule has 0 unspecified atom stereocenters. The van der Waals surface area contributed by atoms with Crippen LogP contribution in [0.5, 0.6) is 0 Å². The highest BCUT2D eigenvalue weighted by Crippen LogP contribution is 2.60. The largest absolute Gasteiger partial charge is 0.479 e. The maximum Gasteiger partial charge on any atom is 0.331 e. The molecule has 0 aromatic carbocycles. The minimum atomic E-state index is -1.05. The highest BCUT2D eigenvalue weighted by molar-refractivity contribution is 8.01. The number of nitrogens with zero attached hydrogens (tertiary/aromatic N) is 1. The number of carbonyl (C=O) groups excluding carboxylic acids is 1. The molecule has 0 aliphatic heterocycles. The van der Waals surface area contributed by atoms with Crippen molar-refractivity contribution < 1.29 is 14.7 Å². The lowest BCUT2D eigenvalue weighted by Crippen LogP contribution is -2.49. The summed E-state index contributed by atoms with van der Waals surface area (Å²) in [5.41, 5.74) is 1.86. The molecule has 0 saturated heterocycles. The average molecular weight is 378 g/mol. The number of nitrogens with one attached hydrogen (secondary N) is 2. The Hall–Kier alpha value is -1.50. The topological polar surface area (TPSA) is 95.1 Å². The first kappa shape index (κ1) is 17.9. The van der Waals surface area contributed by atoms with Gasteiger partial charge in [-0.1, -0.05) is 0 Å². The molecular weight excluding hydrogens is 350 g/mol. The first-order chi connectivity index (χ1) is 12.3. The van der Waals surface area contributed by atoms with Crippen LogP contribution in [-0.4, -0.2) is 37.7 Å². The molecule has 3 N–H and O–H groups in total. The molecule has 1 amide bonds. The van der Waals surface area contributed by atoms with Gasteiger partial charge in [-0.3, -0.25) is 9.89 Å². The van der Waals surface area contributed by atoms with Gasteiger partial charge in [0, 0.05) is 16.0 Å². The number of H-pyrrole nitrogens is 1. The molecule has 1 aromatic rings. The molecule has 4 bridgehead atoms. The van der Waals surface area contributed by atoms with E-state index in [9.17, 15) is 14.7 Å². The lowest BCUT2D eigenvalue weighted by Gasteiger charge is -2.56. The number of carboxylic acids is 1. The van der Waals surface area contributed by atoms with Gasteiger partial charge in [-0.25, -0.2) is 4.79 Å². The molecule has 4 fully saturated rings. The van der Waals surface area contributed by atoms with Crippen molar-refractivity contribution in [3.63, 3.8) is 0 Å². The van der Waals surface area contributed by atoms with Crippen LogP contribution >= 0.6 is 11.8 Å². The third-order valence-corrected chi connectivity index (χ3v) is 8.04. The van der Waals surface area contributed by atoms with Gasteiger partial charge in [-0.15, -0.1) is 11.8 Å². The Bertz CT molecular complexity index is 675. The number of carboxylic acid groups (broad SMARTS) is 1. The zero-order chi connectivity index (χ0) is 18.5. The van der Waals surface area contributed by atoms with Crippen molar-refractivity contribution >= 4 is 23.6 Å². The van der Waals surface area contributed by atoms with Gasteiger partial charge < -0.3 is 10.4 Å². The second-order valence-corrected chi connectivity index (χ2v) is 10.0. The molecule has 7 heteroatoms. The quantitative estimate of drug-likeness (QED) is 0.708. The Balaban J connectivity index is 1.40. The maximum atomic E-state index is 12.5. The molecule has 4 aliphatic rings. The Labute approximate surface area is 157 Å². The van der Waals surface area contributed by atoms with Crippen LogP contribution in [0.3, 0.4) is 0 Å². The number of aliphatic carboxylic acids is 1. The predicted octanol–water partition coefficient (Wildman–Crippen LogP) is 2.97. The lowest BCUT2D eigenvalue weighted by molar-refractivity contribution is -0.141. The van der Waals surface area contributed by atoms with Crippen LogP contribution in [0.1, 0.15) is 61.5 Å². The molecule has 0 spiro atoms. The number of aromatic nitrogens is 2. The number of aromatic amines is 1. The fraction of sp³-hybridized carbons (Fsp3) is 0.737. The zero-order valence-electron chi connectivity index (χ0n) is 15.4. The van der Waals surface area contributed by atoms with Crippen molar-refractivity contribution in [1.82, 2.24) is 15.5 Å². The van der Waals surface area contributed by atoms with Gasteiger partial charge in [0.15, 0.2) is 6.04 Å². The Morgan fingerprint density at radius 1 is 1.23 bits per heavy atom. The molecular formula is C19H27N3O3S. The summed E-state index contributed by atoms with van der Waals surface area (Å²) >= 11 is 1.77. The maximum absolute atomic E-state index is 12.5. The SMILES string of the molecule is Cc1n[nH]c(C)c1[C@H](NC(=O)CSC12CC3CC(CC(C3)C1)C2)C(=O)O. The number of aryl methyl sites for hydroxylation is 2. The summed E-state index contributed by atoms with van der Waals surface area (Å²) < 4.78 is 0.256. The van der Waals surface area contributed by atoms with Crippen molar-refractivity contribution in [2.24, 2.45) is 17.8 Å². The molecule has 5 rings (SSSR count). The van der Waals surface area contributed by atoms with Crippen LogP contribution in [0.2, 0.25) is 0 Å². The fourth-order valence-corrected chi connectivity index (χ4v) is 7.45. The molecule has 0 radical (unpaired) electrons. The van der Waals surface area contributed by atoms with E-state index >= 15 is 0 Å². The number of carbonyl (C=O) groups is 2. The van der Waals surface area contributed by atoms with Gasteiger partial charge in [0.1, 0.15) is 0 Å². The lowest BCUT2D eigenvalue weighted by atomic mass is 9.56. The van der Waals surface area contributed by atoms with E-state index in [0.29, 0.717) is 22.7 Å². The third kappa shape index (κ3) is 3.26. The summed E-state index contributed by atoms with van der Waals surface area (Å²) in [4.78, 5) is 24.2. The number of rotatable bonds is 6. The average Bonchev–Trinajstić information content (AvgIpc) is 2.88. The molecule has 26 heavy (non-hydrogen) atoms.